The molecule has 0 fully saturated rings. The molecular formula is C33H53N3O10. The van der Waals surface area contributed by atoms with E-state index in [2.05, 4.69) is 0 Å². The maximum absolute atomic E-state index is 13.7. The highest BCUT2D eigenvalue weighted by Crippen LogP contribution is 2.20. The first-order valence-corrected chi connectivity index (χ1v) is 15.3. The summed E-state index contributed by atoms with van der Waals surface area (Å²) in [6, 6.07) is 4.72. The molecule has 0 bridgehead atoms. The van der Waals surface area contributed by atoms with Gasteiger partial charge in [0, 0.05) is 25.2 Å². The first-order chi connectivity index (χ1) is 20.7. The van der Waals surface area contributed by atoms with E-state index in [1.165, 1.54) is 17.0 Å². The summed E-state index contributed by atoms with van der Waals surface area (Å²) in [5, 5.41) is 11.2. The zero-order valence-corrected chi connectivity index (χ0v) is 29.6. The molecule has 1 aromatic rings. The van der Waals surface area contributed by atoms with Crippen LogP contribution < -0.4 is 0 Å². The highest BCUT2D eigenvalue weighted by Gasteiger charge is 2.34. The van der Waals surface area contributed by atoms with Crippen molar-refractivity contribution < 1.29 is 43.0 Å². The number of ether oxygens (including phenoxy) is 4. The summed E-state index contributed by atoms with van der Waals surface area (Å²) in [6.45, 7) is 20.0. The van der Waals surface area contributed by atoms with E-state index in [4.69, 9.17) is 18.9 Å². The molecule has 260 valence electrons. The van der Waals surface area contributed by atoms with Crippen LogP contribution in [0.1, 0.15) is 88.6 Å². The Morgan fingerprint density at radius 1 is 0.652 bits per heavy atom. The van der Waals surface area contributed by atoms with Crippen molar-refractivity contribution in [2.45, 2.75) is 118 Å². The van der Waals surface area contributed by atoms with Gasteiger partial charge in [-0.2, -0.15) is 0 Å². The summed E-state index contributed by atoms with van der Waals surface area (Å²) in [7, 11) is 0. The van der Waals surface area contributed by atoms with Gasteiger partial charge in [0.05, 0.1) is 24.6 Å². The van der Waals surface area contributed by atoms with Crippen LogP contribution in [0.25, 0.3) is 0 Å². The molecular weight excluding hydrogens is 598 g/mol. The topological polar surface area (TPSA) is 155 Å². The van der Waals surface area contributed by atoms with Crippen LogP contribution in [-0.4, -0.2) is 99.8 Å². The number of benzene rings is 1. The Morgan fingerprint density at radius 2 is 1.04 bits per heavy atom. The molecule has 1 atom stereocenters. The number of nitrogens with zero attached hydrogens (tertiary/aromatic N) is 3. The van der Waals surface area contributed by atoms with Gasteiger partial charge in [-0.15, -0.1) is 0 Å². The molecule has 0 saturated carbocycles. The number of nitro benzene ring substituents is 1. The van der Waals surface area contributed by atoms with Gasteiger partial charge in [-0.3, -0.25) is 39.1 Å². The minimum absolute atomic E-state index is 0.0295. The molecule has 0 amide bonds. The molecule has 0 aromatic heterocycles. The minimum atomic E-state index is -1.03. The van der Waals surface area contributed by atoms with Crippen LogP contribution in [0.2, 0.25) is 0 Å². The van der Waals surface area contributed by atoms with Gasteiger partial charge in [0.15, 0.2) is 0 Å². The van der Waals surface area contributed by atoms with E-state index in [0.29, 0.717) is 5.56 Å². The summed E-state index contributed by atoms with van der Waals surface area (Å²) in [5.41, 5.74) is -2.70. The van der Waals surface area contributed by atoms with Crippen LogP contribution in [0.4, 0.5) is 5.69 Å². The second-order valence-electron chi connectivity index (χ2n) is 15.1. The van der Waals surface area contributed by atoms with Crippen molar-refractivity contribution in [3.8, 4) is 0 Å². The molecule has 1 unspecified atom stereocenters. The SMILES string of the molecule is CC(C)(C)OC(=O)CN(CCN(CC(=O)OC(C)(C)C)C(Cc1ccc([N+](=O)[O-])cc1)C(=O)OC(C)(C)C)CC(=O)OC(C)(C)C. The molecule has 1 aromatic carbocycles. The number of hydrogen-bond acceptors (Lipinski definition) is 12. The predicted molar refractivity (Wildman–Crippen MR) is 172 cm³/mol. The normalized spacial score (nSPS) is 13.3. The highest BCUT2D eigenvalue weighted by atomic mass is 16.6. The lowest BCUT2D eigenvalue weighted by molar-refractivity contribution is -0.384. The third kappa shape index (κ3) is 17.8. The van der Waals surface area contributed by atoms with Gasteiger partial charge < -0.3 is 18.9 Å². The van der Waals surface area contributed by atoms with Gasteiger partial charge in [-0.25, -0.2) is 0 Å². The number of non-ortho nitro benzene ring substituents is 1. The van der Waals surface area contributed by atoms with Crippen molar-refractivity contribution in [3.63, 3.8) is 0 Å². The average Bonchev–Trinajstić information content (AvgIpc) is 2.80. The molecule has 0 heterocycles. The maximum Gasteiger partial charge on any atom is 0.324 e. The molecule has 0 saturated heterocycles. The van der Waals surface area contributed by atoms with Crippen molar-refractivity contribution in [2.24, 2.45) is 0 Å². The lowest BCUT2D eigenvalue weighted by atomic mass is 10.0. The van der Waals surface area contributed by atoms with Crippen LogP contribution >= 0.6 is 0 Å². The molecule has 1 rings (SSSR count). The fourth-order valence-electron chi connectivity index (χ4n) is 4.19. The van der Waals surface area contributed by atoms with E-state index in [0.717, 1.165) is 0 Å². The predicted octanol–water partition coefficient (Wildman–Crippen LogP) is 4.48. The van der Waals surface area contributed by atoms with Crippen LogP contribution in [0.5, 0.6) is 0 Å². The Kier molecular flexibility index (Phi) is 14.3. The van der Waals surface area contributed by atoms with Gasteiger partial charge in [0.1, 0.15) is 28.4 Å². The monoisotopic (exact) mass is 651 g/mol. The lowest BCUT2D eigenvalue weighted by Crippen LogP contribution is -2.51. The summed E-state index contributed by atoms with van der Waals surface area (Å²) in [4.78, 5) is 66.2. The van der Waals surface area contributed by atoms with E-state index in [1.807, 2.05) is 0 Å². The molecule has 13 nitrogen and oxygen atoms in total. The van der Waals surface area contributed by atoms with Crippen molar-refractivity contribution >= 4 is 29.6 Å². The fourth-order valence-corrected chi connectivity index (χ4v) is 4.19. The Balaban J connectivity index is 3.50. The molecule has 0 N–H and O–H groups in total. The number of carbonyl (C=O) groups excluding carboxylic acids is 4. The molecule has 0 spiro atoms. The quantitative estimate of drug-likeness (QED) is 0.121. The average molecular weight is 652 g/mol. The Morgan fingerprint density at radius 3 is 1.41 bits per heavy atom. The third-order valence-electron chi connectivity index (χ3n) is 5.70. The molecule has 0 radical (unpaired) electrons. The van der Waals surface area contributed by atoms with Gasteiger partial charge in [0.2, 0.25) is 0 Å². The van der Waals surface area contributed by atoms with Crippen molar-refractivity contribution in [2.75, 3.05) is 32.7 Å². The lowest BCUT2D eigenvalue weighted by Gasteiger charge is -2.34. The van der Waals surface area contributed by atoms with E-state index < -0.39 is 57.2 Å². The van der Waals surface area contributed by atoms with E-state index in [1.54, 1.807) is 100 Å². The largest absolute Gasteiger partial charge is 0.459 e. The van der Waals surface area contributed by atoms with Crippen molar-refractivity contribution in [1.82, 2.24) is 9.80 Å². The summed E-state index contributed by atoms with van der Waals surface area (Å²) >= 11 is 0. The van der Waals surface area contributed by atoms with Gasteiger partial charge in [-0.1, -0.05) is 12.1 Å². The first-order valence-electron chi connectivity index (χ1n) is 15.3. The van der Waals surface area contributed by atoms with Crippen molar-refractivity contribution in [1.29, 1.82) is 0 Å². The summed E-state index contributed by atoms with van der Waals surface area (Å²) in [5.74, 6) is -2.36. The van der Waals surface area contributed by atoms with E-state index in [9.17, 15) is 29.3 Å². The van der Waals surface area contributed by atoms with Gasteiger partial charge >= 0.3 is 23.9 Å². The number of hydrogen-bond donors (Lipinski definition) is 0. The van der Waals surface area contributed by atoms with Crippen LogP contribution in [0, 0.1) is 10.1 Å². The van der Waals surface area contributed by atoms with Gasteiger partial charge in [0.25, 0.3) is 5.69 Å². The second-order valence-corrected chi connectivity index (χ2v) is 15.1. The molecule has 0 aliphatic rings. The number of esters is 4. The number of carbonyl (C=O) groups is 4. The summed E-state index contributed by atoms with van der Waals surface area (Å²) in [6.07, 6.45) is 0.0494. The van der Waals surface area contributed by atoms with E-state index >= 15 is 0 Å². The van der Waals surface area contributed by atoms with Crippen LogP contribution in [-0.2, 0) is 44.5 Å². The first kappa shape index (κ1) is 40.4. The van der Waals surface area contributed by atoms with Crippen LogP contribution in [0.3, 0.4) is 0 Å². The van der Waals surface area contributed by atoms with Gasteiger partial charge in [-0.05, 0) is 95.1 Å². The Hall–Kier alpha value is -3.58. The maximum atomic E-state index is 13.7. The second kappa shape index (κ2) is 16.3. The summed E-state index contributed by atoms with van der Waals surface area (Å²) < 4.78 is 22.3. The standard InChI is InChI=1S/C33H53N3O10/c1-30(2,3)43-26(37)20-34(21-27(38)44-31(4,5)6)17-18-35(22-28(39)45-32(7,8)9)25(29(40)46-33(10,11)12)19-23-13-15-24(16-14-23)36(41)42/h13-16,25H,17-22H2,1-12H3. The third-order valence-corrected chi connectivity index (χ3v) is 5.70. The molecule has 13 heteroatoms. The molecule has 0 aliphatic heterocycles. The number of nitro groups is 1. The molecule has 46 heavy (non-hydrogen) atoms. The Bertz CT molecular complexity index is 1170. The smallest absolute Gasteiger partial charge is 0.324 e. The van der Waals surface area contributed by atoms with E-state index in [-0.39, 0.29) is 44.8 Å². The zero-order valence-electron chi connectivity index (χ0n) is 29.6. The van der Waals surface area contributed by atoms with Crippen LogP contribution in [0.15, 0.2) is 24.3 Å². The fraction of sp³-hybridized carbons (Fsp3) is 0.697. The zero-order chi connectivity index (χ0) is 35.7. The number of rotatable bonds is 14. The minimum Gasteiger partial charge on any atom is -0.459 e. The molecule has 0 aliphatic carbocycles. The highest BCUT2D eigenvalue weighted by molar-refractivity contribution is 5.79. The van der Waals surface area contributed by atoms with Crippen molar-refractivity contribution in [3.05, 3.63) is 39.9 Å². The Labute approximate surface area is 273 Å².